The van der Waals surface area contributed by atoms with E-state index in [2.05, 4.69) is 0 Å². The van der Waals surface area contributed by atoms with Gasteiger partial charge in [-0.2, -0.15) is 13.2 Å². The molecule has 0 aliphatic carbocycles. The number of nitrogens with zero attached hydrogens (tertiary/aromatic N) is 1. The minimum absolute atomic E-state index is 0.0559. The van der Waals surface area contributed by atoms with Crippen molar-refractivity contribution in [1.82, 2.24) is 4.90 Å². The predicted octanol–water partition coefficient (Wildman–Crippen LogP) is 2.14. The number of carboxylic acid groups (broad SMARTS) is 1. The quantitative estimate of drug-likeness (QED) is 0.811. The van der Waals surface area contributed by atoms with Gasteiger partial charge in [-0.15, -0.1) is 0 Å². The van der Waals surface area contributed by atoms with Crippen LogP contribution in [-0.4, -0.2) is 54.5 Å². The number of halogens is 3. The van der Waals surface area contributed by atoms with E-state index < -0.39 is 24.5 Å². The number of alkyl halides is 3. The molecule has 112 valence electrons. The number of carbonyl (C=O) groups is 1. The molecular formula is C12H20F3NO3. The lowest BCUT2D eigenvalue weighted by atomic mass is 10.00. The van der Waals surface area contributed by atoms with Gasteiger partial charge in [0.15, 0.2) is 0 Å². The minimum Gasteiger partial charge on any atom is -0.481 e. The summed E-state index contributed by atoms with van der Waals surface area (Å²) in [6, 6.07) is -0.366. The maximum Gasteiger partial charge on any atom is 0.389 e. The smallest absolute Gasteiger partial charge is 0.389 e. The van der Waals surface area contributed by atoms with Crippen molar-refractivity contribution in [2.24, 2.45) is 5.92 Å². The summed E-state index contributed by atoms with van der Waals surface area (Å²) >= 11 is 0. The number of hydrogen-bond donors (Lipinski definition) is 1. The molecule has 0 spiro atoms. The summed E-state index contributed by atoms with van der Waals surface area (Å²) in [6.07, 6.45) is -4.48. The molecule has 0 bridgehead atoms. The summed E-state index contributed by atoms with van der Waals surface area (Å²) in [5, 5.41) is 9.04. The zero-order chi connectivity index (χ0) is 14.6. The average Bonchev–Trinajstić information content (AvgIpc) is 2.74. The number of carboxylic acids is 1. The van der Waals surface area contributed by atoms with E-state index in [0.717, 1.165) is 0 Å². The van der Waals surface area contributed by atoms with Crippen molar-refractivity contribution in [2.45, 2.75) is 44.4 Å². The Balaban J connectivity index is 2.43. The summed E-state index contributed by atoms with van der Waals surface area (Å²) in [5.41, 5.74) is 0. The Morgan fingerprint density at radius 3 is 2.63 bits per heavy atom. The lowest BCUT2D eigenvalue weighted by Gasteiger charge is -2.32. The van der Waals surface area contributed by atoms with Gasteiger partial charge < -0.3 is 9.84 Å². The maximum absolute atomic E-state index is 12.1. The van der Waals surface area contributed by atoms with Crippen LogP contribution in [0.1, 0.15) is 26.2 Å². The molecule has 0 aromatic heterocycles. The fourth-order valence-corrected chi connectivity index (χ4v) is 2.31. The first-order valence-corrected chi connectivity index (χ1v) is 6.31. The molecule has 4 nitrogen and oxygen atoms in total. The Labute approximate surface area is 110 Å². The van der Waals surface area contributed by atoms with Crippen molar-refractivity contribution in [3.05, 3.63) is 0 Å². The molecule has 3 unspecified atom stereocenters. The minimum atomic E-state index is -4.13. The van der Waals surface area contributed by atoms with Crippen LogP contribution in [0.4, 0.5) is 13.2 Å². The summed E-state index contributed by atoms with van der Waals surface area (Å²) in [6.45, 7) is 2.30. The van der Waals surface area contributed by atoms with Gasteiger partial charge in [-0.1, -0.05) is 0 Å². The average molecular weight is 283 g/mol. The van der Waals surface area contributed by atoms with E-state index in [1.807, 2.05) is 11.8 Å². The van der Waals surface area contributed by atoms with Crippen molar-refractivity contribution < 1.29 is 27.8 Å². The molecule has 7 heteroatoms. The third kappa shape index (κ3) is 4.99. The largest absolute Gasteiger partial charge is 0.481 e. The van der Waals surface area contributed by atoms with Crippen molar-refractivity contribution in [2.75, 3.05) is 20.3 Å². The maximum atomic E-state index is 12.1. The predicted molar refractivity (Wildman–Crippen MR) is 62.9 cm³/mol. The summed E-state index contributed by atoms with van der Waals surface area (Å²) in [5.74, 6) is -1.52. The normalized spacial score (nSPS) is 25.8. The van der Waals surface area contributed by atoms with Crippen LogP contribution in [0, 0.1) is 5.92 Å². The van der Waals surface area contributed by atoms with Gasteiger partial charge in [0.05, 0.1) is 19.1 Å². The highest BCUT2D eigenvalue weighted by atomic mass is 19.4. The molecule has 0 aromatic rings. The van der Waals surface area contributed by atoms with Gasteiger partial charge in [0.2, 0.25) is 0 Å². The number of aliphatic carboxylic acids is 1. The van der Waals surface area contributed by atoms with Crippen LogP contribution in [0.15, 0.2) is 0 Å². The van der Waals surface area contributed by atoms with Crippen LogP contribution in [0.25, 0.3) is 0 Å². The van der Waals surface area contributed by atoms with Crippen LogP contribution < -0.4 is 0 Å². The van der Waals surface area contributed by atoms with Crippen LogP contribution in [-0.2, 0) is 9.53 Å². The molecule has 0 aromatic carbocycles. The van der Waals surface area contributed by atoms with E-state index in [1.54, 1.807) is 7.05 Å². The lowest BCUT2D eigenvalue weighted by molar-refractivity contribution is -0.143. The molecule has 0 radical (unpaired) electrons. The SMILES string of the molecule is CC(CCCC(F)(F)F)N(C)C1COCC1C(=O)O. The number of hydrogen-bond acceptors (Lipinski definition) is 3. The van der Waals surface area contributed by atoms with Gasteiger partial charge in [0.1, 0.15) is 0 Å². The molecule has 1 heterocycles. The van der Waals surface area contributed by atoms with E-state index in [1.165, 1.54) is 0 Å². The van der Waals surface area contributed by atoms with Crippen molar-refractivity contribution >= 4 is 5.97 Å². The van der Waals surface area contributed by atoms with Gasteiger partial charge in [0, 0.05) is 18.5 Å². The Morgan fingerprint density at radius 2 is 2.11 bits per heavy atom. The second-order valence-corrected chi connectivity index (χ2v) is 5.07. The van der Waals surface area contributed by atoms with Crippen LogP contribution in [0.2, 0.25) is 0 Å². The fourth-order valence-electron chi connectivity index (χ4n) is 2.31. The monoisotopic (exact) mass is 283 g/mol. The Morgan fingerprint density at radius 1 is 1.47 bits per heavy atom. The summed E-state index contributed by atoms with van der Waals surface area (Å²) < 4.78 is 41.4. The molecule has 3 atom stereocenters. The van der Waals surface area contributed by atoms with Gasteiger partial charge in [-0.25, -0.2) is 0 Å². The second kappa shape index (κ2) is 6.56. The zero-order valence-electron chi connectivity index (χ0n) is 11.1. The second-order valence-electron chi connectivity index (χ2n) is 5.07. The van der Waals surface area contributed by atoms with Crippen LogP contribution >= 0.6 is 0 Å². The van der Waals surface area contributed by atoms with Crippen molar-refractivity contribution in [3.8, 4) is 0 Å². The van der Waals surface area contributed by atoms with E-state index in [0.29, 0.717) is 13.0 Å². The first-order chi connectivity index (χ1) is 8.72. The third-order valence-electron chi connectivity index (χ3n) is 3.67. The van der Waals surface area contributed by atoms with E-state index >= 15 is 0 Å². The molecule has 1 fully saturated rings. The number of rotatable bonds is 6. The van der Waals surface area contributed by atoms with Crippen LogP contribution in [0.5, 0.6) is 0 Å². The van der Waals surface area contributed by atoms with Crippen molar-refractivity contribution in [1.29, 1.82) is 0 Å². The number of likely N-dealkylation sites (N-methyl/N-ethyl adjacent to an activating group) is 1. The van der Waals surface area contributed by atoms with Gasteiger partial charge in [-0.3, -0.25) is 9.69 Å². The molecule has 0 amide bonds. The molecule has 1 rings (SSSR count). The highest BCUT2D eigenvalue weighted by Crippen LogP contribution is 2.25. The van der Waals surface area contributed by atoms with Crippen LogP contribution in [0.3, 0.4) is 0 Å². The zero-order valence-corrected chi connectivity index (χ0v) is 11.1. The third-order valence-corrected chi connectivity index (χ3v) is 3.67. The Hall–Kier alpha value is -0.820. The standard InChI is InChI=1S/C12H20F3NO3/c1-8(4-3-5-12(13,14)15)16(2)10-7-19-6-9(10)11(17)18/h8-10H,3-7H2,1-2H3,(H,17,18). The van der Waals surface area contributed by atoms with Crippen molar-refractivity contribution in [3.63, 3.8) is 0 Å². The molecular weight excluding hydrogens is 263 g/mol. The van der Waals surface area contributed by atoms with Gasteiger partial charge >= 0.3 is 12.1 Å². The lowest BCUT2D eigenvalue weighted by Crippen LogP contribution is -2.45. The van der Waals surface area contributed by atoms with E-state index in [9.17, 15) is 18.0 Å². The first kappa shape index (κ1) is 16.2. The van der Waals surface area contributed by atoms with E-state index in [-0.39, 0.29) is 25.1 Å². The summed E-state index contributed by atoms with van der Waals surface area (Å²) in [7, 11) is 1.74. The van der Waals surface area contributed by atoms with E-state index in [4.69, 9.17) is 9.84 Å². The summed E-state index contributed by atoms with van der Waals surface area (Å²) in [4.78, 5) is 12.9. The molecule has 1 N–H and O–H groups in total. The molecule has 0 saturated carbocycles. The van der Waals surface area contributed by atoms with Gasteiger partial charge in [0.25, 0.3) is 0 Å². The number of ether oxygens (including phenoxy) is 1. The first-order valence-electron chi connectivity index (χ1n) is 6.31. The molecule has 19 heavy (non-hydrogen) atoms. The molecule has 1 aliphatic rings. The fraction of sp³-hybridized carbons (Fsp3) is 0.917. The highest BCUT2D eigenvalue weighted by Gasteiger charge is 2.38. The highest BCUT2D eigenvalue weighted by molar-refractivity contribution is 5.71. The Kier molecular flexibility index (Phi) is 5.61. The topological polar surface area (TPSA) is 49.8 Å². The Bertz CT molecular complexity index is 309. The molecule has 1 aliphatic heterocycles. The molecule has 1 saturated heterocycles. The van der Waals surface area contributed by atoms with Gasteiger partial charge in [-0.05, 0) is 26.8 Å².